The molecule has 0 radical (unpaired) electrons. The minimum atomic E-state index is -0.101. The van der Waals surface area contributed by atoms with E-state index in [2.05, 4.69) is 15.5 Å². The fraction of sp³-hybridized carbons (Fsp3) is 0.278. The largest absolute Gasteiger partial charge is 0.323 e. The summed E-state index contributed by atoms with van der Waals surface area (Å²) in [5.74, 6) is -0.101. The topological polar surface area (TPSA) is 64.7 Å². The maximum absolute atomic E-state index is 12.2. The molecule has 3 aromatic rings. The molecule has 0 aliphatic heterocycles. The van der Waals surface area contributed by atoms with E-state index in [4.69, 9.17) is 23.2 Å². The summed E-state index contributed by atoms with van der Waals surface area (Å²) in [6.45, 7) is 4.79. The Bertz CT molecular complexity index is 932. The Morgan fingerprint density at radius 3 is 2.77 bits per heavy atom. The van der Waals surface area contributed by atoms with E-state index in [1.54, 1.807) is 21.8 Å². The van der Waals surface area contributed by atoms with Crippen molar-refractivity contribution in [1.82, 2.24) is 19.6 Å². The van der Waals surface area contributed by atoms with Gasteiger partial charge in [-0.3, -0.25) is 14.2 Å². The molecule has 1 N–H and O–H groups in total. The minimum absolute atomic E-state index is 0.101. The van der Waals surface area contributed by atoms with E-state index in [0.29, 0.717) is 35.2 Å². The van der Waals surface area contributed by atoms with Gasteiger partial charge in [-0.05, 0) is 31.5 Å². The molecule has 0 unspecified atom stereocenters. The lowest BCUT2D eigenvalue weighted by Gasteiger charge is -2.05. The highest BCUT2D eigenvalue weighted by Gasteiger charge is 2.11. The van der Waals surface area contributed by atoms with Gasteiger partial charge in [0.2, 0.25) is 5.91 Å². The van der Waals surface area contributed by atoms with E-state index in [9.17, 15) is 4.79 Å². The number of amides is 1. The number of aryl methyl sites for hydroxylation is 2. The molecule has 0 fully saturated rings. The van der Waals surface area contributed by atoms with E-state index in [0.717, 1.165) is 17.0 Å². The second-order valence-corrected chi connectivity index (χ2v) is 6.88. The number of anilines is 1. The van der Waals surface area contributed by atoms with Gasteiger partial charge in [-0.25, -0.2) is 0 Å². The zero-order chi connectivity index (χ0) is 18.7. The lowest BCUT2D eigenvalue weighted by atomic mass is 10.2. The molecule has 8 heteroatoms. The fourth-order valence-electron chi connectivity index (χ4n) is 2.66. The number of carbonyl (C=O) groups is 1. The fourth-order valence-corrected chi connectivity index (χ4v) is 3.01. The maximum atomic E-state index is 12.2. The standard InChI is InChI=1S/C18H19Cl2N5O/c1-12-18(20)13(2)25(23-12)7-6-17(26)22-16-9-21-24(11-16)10-14-4-3-5-15(19)8-14/h3-5,8-9,11H,6-7,10H2,1-2H3,(H,22,26). The van der Waals surface area contributed by atoms with Gasteiger partial charge < -0.3 is 5.32 Å². The summed E-state index contributed by atoms with van der Waals surface area (Å²) in [6.07, 6.45) is 3.72. The molecule has 0 bridgehead atoms. The molecule has 0 atom stereocenters. The number of aromatic nitrogens is 4. The average molecular weight is 392 g/mol. The second-order valence-electron chi connectivity index (χ2n) is 6.06. The molecule has 1 aromatic carbocycles. The van der Waals surface area contributed by atoms with Crippen LogP contribution >= 0.6 is 23.2 Å². The van der Waals surface area contributed by atoms with Crippen LogP contribution in [0.5, 0.6) is 0 Å². The van der Waals surface area contributed by atoms with Gasteiger partial charge in [0, 0.05) is 17.6 Å². The van der Waals surface area contributed by atoms with E-state index >= 15 is 0 Å². The molecular weight excluding hydrogens is 373 g/mol. The molecule has 26 heavy (non-hydrogen) atoms. The van der Waals surface area contributed by atoms with Crippen LogP contribution in [-0.4, -0.2) is 25.5 Å². The molecule has 6 nitrogen and oxygen atoms in total. The lowest BCUT2D eigenvalue weighted by molar-refractivity contribution is -0.116. The number of nitrogens with zero attached hydrogens (tertiary/aromatic N) is 4. The van der Waals surface area contributed by atoms with Crippen molar-refractivity contribution in [3.63, 3.8) is 0 Å². The van der Waals surface area contributed by atoms with E-state index in [1.165, 1.54) is 0 Å². The first-order chi connectivity index (χ1) is 12.4. The lowest BCUT2D eigenvalue weighted by Crippen LogP contribution is -2.15. The van der Waals surface area contributed by atoms with Crippen molar-refractivity contribution in [2.75, 3.05) is 5.32 Å². The molecule has 0 saturated heterocycles. The third-order valence-corrected chi connectivity index (χ3v) is 4.78. The summed E-state index contributed by atoms with van der Waals surface area (Å²) in [7, 11) is 0. The van der Waals surface area contributed by atoms with Crippen molar-refractivity contribution < 1.29 is 4.79 Å². The normalized spacial score (nSPS) is 10.9. The summed E-state index contributed by atoms with van der Waals surface area (Å²) in [5.41, 5.74) is 3.33. The van der Waals surface area contributed by atoms with Crippen molar-refractivity contribution in [3.05, 3.63) is 63.7 Å². The number of halogens is 2. The van der Waals surface area contributed by atoms with Crippen molar-refractivity contribution in [3.8, 4) is 0 Å². The smallest absolute Gasteiger partial charge is 0.226 e. The van der Waals surface area contributed by atoms with Crippen LogP contribution in [0.4, 0.5) is 5.69 Å². The zero-order valence-electron chi connectivity index (χ0n) is 14.5. The molecule has 0 aliphatic rings. The van der Waals surface area contributed by atoms with Crippen molar-refractivity contribution in [2.45, 2.75) is 33.4 Å². The van der Waals surface area contributed by atoms with Gasteiger partial charge in [-0.15, -0.1) is 0 Å². The molecular formula is C18H19Cl2N5O. The van der Waals surface area contributed by atoms with Crippen molar-refractivity contribution >= 4 is 34.8 Å². The Labute approximate surface area is 161 Å². The van der Waals surface area contributed by atoms with Gasteiger partial charge in [0.15, 0.2) is 0 Å². The van der Waals surface area contributed by atoms with E-state index in [1.807, 2.05) is 38.1 Å². The van der Waals surface area contributed by atoms with Crippen LogP contribution < -0.4 is 5.32 Å². The summed E-state index contributed by atoms with van der Waals surface area (Å²) in [6, 6.07) is 7.59. The van der Waals surface area contributed by atoms with Crippen molar-refractivity contribution in [1.29, 1.82) is 0 Å². The first-order valence-corrected chi connectivity index (χ1v) is 8.94. The Hall–Kier alpha value is -2.31. The molecule has 1 amide bonds. The zero-order valence-corrected chi connectivity index (χ0v) is 16.1. The average Bonchev–Trinajstić information content (AvgIpc) is 3.12. The number of nitrogens with one attached hydrogen (secondary N) is 1. The molecule has 2 heterocycles. The van der Waals surface area contributed by atoms with Crippen LogP contribution in [0.3, 0.4) is 0 Å². The van der Waals surface area contributed by atoms with Crippen LogP contribution in [0, 0.1) is 13.8 Å². The number of rotatable bonds is 6. The van der Waals surface area contributed by atoms with Crippen LogP contribution in [0.25, 0.3) is 0 Å². The first-order valence-electron chi connectivity index (χ1n) is 8.18. The van der Waals surface area contributed by atoms with Gasteiger partial charge in [0.05, 0.1) is 41.4 Å². The van der Waals surface area contributed by atoms with Gasteiger partial charge in [0.1, 0.15) is 0 Å². The Morgan fingerprint density at radius 2 is 2.08 bits per heavy atom. The van der Waals surface area contributed by atoms with Crippen LogP contribution in [-0.2, 0) is 17.9 Å². The molecule has 0 aliphatic carbocycles. The third kappa shape index (κ3) is 4.45. The summed E-state index contributed by atoms with van der Waals surface area (Å²) >= 11 is 12.1. The summed E-state index contributed by atoms with van der Waals surface area (Å²) in [5, 5.41) is 12.8. The number of hydrogen-bond donors (Lipinski definition) is 1. The van der Waals surface area contributed by atoms with Gasteiger partial charge in [-0.1, -0.05) is 35.3 Å². The summed E-state index contributed by atoms with van der Waals surface area (Å²) < 4.78 is 3.50. The molecule has 2 aromatic heterocycles. The van der Waals surface area contributed by atoms with Gasteiger partial charge in [0.25, 0.3) is 0 Å². The van der Waals surface area contributed by atoms with Gasteiger partial charge in [-0.2, -0.15) is 10.2 Å². The van der Waals surface area contributed by atoms with Crippen molar-refractivity contribution in [2.24, 2.45) is 0 Å². The predicted octanol–water partition coefficient (Wildman–Crippen LogP) is 4.08. The molecule has 3 rings (SSSR count). The third-order valence-electron chi connectivity index (χ3n) is 3.99. The SMILES string of the molecule is Cc1nn(CCC(=O)Nc2cnn(Cc3cccc(Cl)c3)c2)c(C)c1Cl. The minimum Gasteiger partial charge on any atom is -0.323 e. The highest BCUT2D eigenvalue weighted by molar-refractivity contribution is 6.31. The van der Waals surface area contributed by atoms with E-state index in [-0.39, 0.29) is 5.91 Å². The maximum Gasteiger partial charge on any atom is 0.226 e. The number of hydrogen-bond acceptors (Lipinski definition) is 3. The Morgan fingerprint density at radius 1 is 1.27 bits per heavy atom. The predicted molar refractivity (Wildman–Crippen MR) is 103 cm³/mol. The highest BCUT2D eigenvalue weighted by Crippen LogP contribution is 2.19. The number of benzene rings is 1. The van der Waals surface area contributed by atoms with Gasteiger partial charge >= 0.3 is 0 Å². The Kier molecular flexibility index (Phi) is 5.64. The van der Waals surface area contributed by atoms with Crippen LogP contribution in [0.1, 0.15) is 23.4 Å². The monoisotopic (exact) mass is 391 g/mol. The number of carbonyl (C=O) groups excluding carboxylic acids is 1. The molecule has 136 valence electrons. The van der Waals surface area contributed by atoms with Crippen LogP contribution in [0.15, 0.2) is 36.7 Å². The summed E-state index contributed by atoms with van der Waals surface area (Å²) in [4.78, 5) is 12.2. The second kappa shape index (κ2) is 7.93. The highest BCUT2D eigenvalue weighted by atomic mass is 35.5. The van der Waals surface area contributed by atoms with Crippen LogP contribution in [0.2, 0.25) is 10.0 Å². The Balaban J connectivity index is 1.55. The molecule has 0 spiro atoms. The van der Waals surface area contributed by atoms with E-state index < -0.39 is 0 Å². The quantitative estimate of drug-likeness (QED) is 0.688. The molecule has 0 saturated carbocycles. The first kappa shape index (κ1) is 18.5.